The lowest BCUT2D eigenvalue weighted by molar-refractivity contribution is 0.491. The van der Waals surface area contributed by atoms with Crippen LogP contribution in [0, 0.1) is 11.6 Å². The molecule has 3 rings (SSSR count). The molecule has 0 fully saturated rings. The van der Waals surface area contributed by atoms with Crippen molar-refractivity contribution in [3.05, 3.63) is 88.5 Å². The summed E-state index contributed by atoms with van der Waals surface area (Å²) in [5.74, 6) is -0.945. The Balaban J connectivity index is 1.84. The molecule has 0 N–H and O–H groups in total. The smallest absolute Gasteiger partial charge is 0.130 e. The summed E-state index contributed by atoms with van der Waals surface area (Å²) in [4.78, 5) is 0. The second-order valence-electron chi connectivity index (χ2n) is 6.77. The van der Waals surface area contributed by atoms with Crippen LogP contribution in [0.2, 0.25) is 0 Å². The third kappa shape index (κ3) is 3.89. The molecule has 2 aromatic rings. The summed E-state index contributed by atoms with van der Waals surface area (Å²) in [6.07, 6.45) is 9.76. The molecular formula is C23H24F2. The first kappa shape index (κ1) is 17.6. The molecule has 1 aliphatic carbocycles. The Bertz CT molecular complexity index is 779. The largest absolute Gasteiger partial charge is 0.207 e. The van der Waals surface area contributed by atoms with E-state index >= 15 is 0 Å². The molecule has 0 saturated heterocycles. The number of aryl methyl sites for hydroxylation is 2. The van der Waals surface area contributed by atoms with Crippen LogP contribution in [0.4, 0.5) is 8.78 Å². The molecular weight excluding hydrogens is 314 g/mol. The fourth-order valence-corrected chi connectivity index (χ4v) is 3.76. The summed E-state index contributed by atoms with van der Waals surface area (Å²) in [6.45, 7) is 5.60. The molecule has 0 amide bonds. The van der Waals surface area contributed by atoms with E-state index in [1.54, 1.807) is 12.2 Å². The van der Waals surface area contributed by atoms with Crippen molar-refractivity contribution in [1.29, 1.82) is 0 Å². The van der Waals surface area contributed by atoms with Gasteiger partial charge in [0.2, 0.25) is 0 Å². The zero-order valence-corrected chi connectivity index (χ0v) is 14.7. The van der Waals surface area contributed by atoms with Gasteiger partial charge in [-0.15, -0.1) is 6.58 Å². The van der Waals surface area contributed by atoms with Crippen LogP contribution in [0.5, 0.6) is 0 Å². The van der Waals surface area contributed by atoms with Gasteiger partial charge in [-0.1, -0.05) is 36.4 Å². The Morgan fingerprint density at radius 1 is 1.12 bits per heavy atom. The van der Waals surface area contributed by atoms with Crippen LogP contribution in [0.25, 0.3) is 6.08 Å². The summed E-state index contributed by atoms with van der Waals surface area (Å²) < 4.78 is 29.0. The fourth-order valence-electron chi connectivity index (χ4n) is 3.76. The molecule has 0 aliphatic heterocycles. The number of rotatable bonds is 5. The highest BCUT2D eigenvalue weighted by molar-refractivity contribution is 5.51. The van der Waals surface area contributed by atoms with Crippen molar-refractivity contribution in [2.45, 2.75) is 44.9 Å². The topological polar surface area (TPSA) is 0 Å². The number of allylic oxidation sites excluding steroid dienone is 2. The van der Waals surface area contributed by atoms with Gasteiger partial charge in [-0.25, -0.2) is 8.78 Å². The molecule has 1 atom stereocenters. The standard InChI is InChI=1S/C23H24F2/c1-3-5-7-16-8-9-19-15-20(11-10-18(19)12-16)23-21(24)13-17(6-4-2)14-22(23)25/h3-4,6,8-9,12-14,20H,1,5,7,10-11,15H2,2H3/b6-4+. The molecule has 0 nitrogen and oxygen atoms in total. The number of halogens is 2. The maximum absolute atomic E-state index is 14.5. The summed E-state index contributed by atoms with van der Waals surface area (Å²) in [5.41, 5.74) is 4.67. The highest BCUT2D eigenvalue weighted by Crippen LogP contribution is 2.36. The summed E-state index contributed by atoms with van der Waals surface area (Å²) in [7, 11) is 0. The van der Waals surface area contributed by atoms with Crippen LogP contribution in [0.15, 0.2) is 49.1 Å². The average Bonchev–Trinajstić information content (AvgIpc) is 2.59. The van der Waals surface area contributed by atoms with E-state index in [0.717, 1.165) is 25.7 Å². The third-order valence-corrected chi connectivity index (χ3v) is 5.01. The first-order chi connectivity index (χ1) is 12.1. The van der Waals surface area contributed by atoms with Crippen molar-refractivity contribution in [2.24, 2.45) is 0 Å². The Kier molecular flexibility index (Phi) is 5.47. The zero-order valence-electron chi connectivity index (χ0n) is 14.7. The fraction of sp³-hybridized carbons (Fsp3) is 0.304. The van der Waals surface area contributed by atoms with Gasteiger partial charge in [0.25, 0.3) is 0 Å². The summed E-state index contributed by atoms with van der Waals surface area (Å²) in [6, 6.07) is 9.38. The lowest BCUT2D eigenvalue weighted by Crippen LogP contribution is -2.16. The molecule has 0 heterocycles. The van der Waals surface area contributed by atoms with Gasteiger partial charge < -0.3 is 0 Å². The van der Waals surface area contributed by atoms with Crippen LogP contribution < -0.4 is 0 Å². The zero-order chi connectivity index (χ0) is 17.8. The van der Waals surface area contributed by atoms with Crippen LogP contribution in [0.1, 0.15) is 53.5 Å². The van der Waals surface area contributed by atoms with E-state index in [-0.39, 0.29) is 11.5 Å². The third-order valence-electron chi connectivity index (χ3n) is 5.01. The summed E-state index contributed by atoms with van der Waals surface area (Å²) in [5, 5.41) is 0. The second kappa shape index (κ2) is 7.77. The predicted molar refractivity (Wildman–Crippen MR) is 101 cm³/mol. The van der Waals surface area contributed by atoms with E-state index in [1.165, 1.54) is 28.8 Å². The molecule has 130 valence electrons. The number of fused-ring (bicyclic) bond motifs is 1. The van der Waals surface area contributed by atoms with Gasteiger partial charge in [0.1, 0.15) is 11.6 Å². The quantitative estimate of drug-likeness (QED) is 0.554. The van der Waals surface area contributed by atoms with E-state index in [4.69, 9.17) is 0 Å². The van der Waals surface area contributed by atoms with E-state index < -0.39 is 11.6 Å². The van der Waals surface area contributed by atoms with E-state index in [9.17, 15) is 8.78 Å². The minimum Gasteiger partial charge on any atom is -0.207 e. The van der Waals surface area contributed by atoms with Gasteiger partial charge in [0, 0.05) is 5.56 Å². The maximum Gasteiger partial charge on any atom is 0.130 e. The van der Waals surface area contributed by atoms with Gasteiger partial charge in [-0.05, 0) is 79.3 Å². The van der Waals surface area contributed by atoms with Crippen molar-refractivity contribution in [2.75, 3.05) is 0 Å². The molecule has 25 heavy (non-hydrogen) atoms. The van der Waals surface area contributed by atoms with Crippen molar-refractivity contribution in [3.8, 4) is 0 Å². The highest BCUT2D eigenvalue weighted by Gasteiger charge is 2.25. The number of hydrogen-bond acceptors (Lipinski definition) is 0. The Morgan fingerprint density at radius 3 is 2.56 bits per heavy atom. The van der Waals surface area contributed by atoms with Crippen molar-refractivity contribution < 1.29 is 8.78 Å². The second-order valence-corrected chi connectivity index (χ2v) is 6.77. The molecule has 2 aromatic carbocycles. The Labute approximate surface area is 148 Å². The van der Waals surface area contributed by atoms with Crippen molar-refractivity contribution in [3.63, 3.8) is 0 Å². The van der Waals surface area contributed by atoms with Gasteiger partial charge in [0.15, 0.2) is 0 Å². The van der Waals surface area contributed by atoms with E-state index in [2.05, 4.69) is 24.8 Å². The average molecular weight is 338 g/mol. The lowest BCUT2D eigenvalue weighted by atomic mass is 9.79. The first-order valence-corrected chi connectivity index (χ1v) is 8.95. The van der Waals surface area contributed by atoms with Gasteiger partial charge >= 0.3 is 0 Å². The Morgan fingerprint density at radius 2 is 1.88 bits per heavy atom. The molecule has 0 spiro atoms. The van der Waals surface area contributed by atoms with Crippen molar-refractivity contribution >= 4 is 6.08 Å². The van der Waals surface area contributed by atoms with Crippen LogP contribution >= 0.6 is 0 Å². The molecule has 1 unspecified atom stereocenters. The Hall–Kier alpha value is -2.22. The monoisotopic (exact) mass is 338 g/mol. The SMILES string of the molecule is C=CCCc1ccc2c(c1)CCC(c1c(F)cc(/C=C/C)cc1F)C2. The van der Waals surface area contributed by atoms with E-state index in [0.29, 0.717) is 12.0 Å². The maximum atomic E-state index is 14.5. The molecule has 0 saturated carbocycles. The number of benzene rings is 2. The van der Waals surface area contributed by atoms with E-state index in [1.807, 2.05) is 13.0 Å². The molecule has 0 aromatic heterocycles. The molecule has 1 aliphatic rings. The van der Waals surface area contributed by atoms with Crippen LogP contribution in [-0.4, -0.2) is 0 Å². The van der Waals surface area contributed by atoms with Crippen LogP contribution in [-0.2, 0) is 19.3 Å². The molecule has 2 heteroatoms. The predicted octanol–water partition coefficient (Wildman–Crippen LogP) is 6.39. The summed E-state index contributed by atoms with van der Waals surface area (Å²) >= 11 is 0. The molecule has 0 radical (unpaired) electrons. The normalized spacial score (nSPS) is 16.8. The minimum absolute atomic E-state index is 0.0915. The van der Waals surface area contributed by atoms with Gasteiger partial charge in [-0.2, -0.15) is 0 Å². The lowest BCUT2D eigenvalue weighted by Gasteiger charge is -2.26. The van der Waals surface area contributed by atoms with Crippen molar-refractivity contribution in [1.82, 2.24) is 0 Å². The van der Waals surface area contributed by atoms with Gasteiger partial charge in [-0.3, -0.25) is 0 Å². The first-order valence-electron chi connectivity index (χ1n) is 8.95. The minimum atomic E-state index is -0.427. The highest BCUT2D eigenvalue weighted by atomic mass is 19.1. The van der Waals surface area contributed by atoms with Crippen LogP contribution in [0.3, 0.4) is 0 Å². The van der Waals surface area contributed by atoms with Gasteiger partial charge in [0.05, 0.1) is 0 Å². The molecule has 0 bridgehead atoms. The number of hydrogen-bond donors (Lipinski definition) is 0.